The van der Waals surface area contributed by atoms with E-state index in [1.807, 2.05) is 6.92 Å². The van der Waals surface area contributed by atoms with Crippen molar-refractivity contribution in [3.63, 3.8) is 0 Å². The molecule has 3 N–H and O–H groups in total. The molecular weight excluding hydrogens is 204 g/mol. The zero-order chi connectivity index (χ0) is 11.7. The van der Waals surface area contributed by atoms with E-state index < -0.39 is 0 Å². The Labute approximate surface area is 96.9 Å². The van der Waals surface area contributed by atoms with E-state index in [1.165, 1.54) is 19.3 Å². The van der Waals surface area contributed by atoms with Crippen LogP contribution in [0.3, 0.4) is 0 Å². The first-order valence-corrected chi connectivity index (χ1v) is 6.07. The molecule has 3 unspecified atom stereocenters. The monoisotopic (exact) mass is 226 g/mol. The fraction of sp³-hybridized carbons (Fsp3) is 0.909. The Balaban J connectivity index is 2.03. The maximum atomic E-state index is 8.72. The number of nitrogens with zero attached hydrogens (tertiary/aromatic N) is 3. The number of rotatable bonds is 2. The van der Waals surface area contributed by atoms with Crippen LogP contribution in [0.5, 0.6) is 0 Å². The van der Waals surface area contributed by atoms with Gasteiger partial charge in [-0.3, -0.25) is 9.80 Å². The Morgan fingerprint density at radius 2 is 2.06 bits per heavy atom. The van der Waals surface area contributed by atoms with Gasteiger partial charge in [0.1, 0.15) is 0 Å². The van der Waals surface area contributed by atoms with Crippen LogP contribution in [-0.2, 0) is 0 Å². The van der Waals surface area contributed by atoms with Gasteiger partial charge in [-0.05, 0) is 33.2 Å². The maximum absolute atomic E-state index is 8.72. The number of likely N-dealkylation sites (tertiary alicyclic amines) is 1. The second-order valence-corrected chi connectivity index (χ2v) is 5.03. The topological polar surface area (TPSA) is 65.1 Å². The summed E-state index contributed by atoms with van der Waals surface area (Å²) in [6.07, 6.45) is 3.80. The zero-order valence-electron chi connectivity index (χ0n) is 10.1. The summed E-state index contributed by atoms with van der Waals surface area (Å²) in [5.41, 5.74) is 5.68. The predicted octanol–water partition coefficient (Wildman–Crippen LogP) is 0.290. The number of fused-ring (bicyclic) bond motifs is 2. The van der Waals surface area contributed by atoms with Crippen LogP contribution in [0.1, 0.15) is 26.2 Å². The van der Waals surface area contributed by atoms with Crippen LogP contribution in [0.15, 0.2) is 5.16 Å². The number of hydrogen-bond donors (Lipinski definition) is 2. The minimum atomic E-state index is 0.0396. The van der Waals surface area contributed by atoms with E-state index in [0.717, 1.165) is 19.1 Å². The lowest BCUT2D eigenvalue weighted by Crippen LogP contribution is -2.46. The lowest BCUT2D eigenvalue weighted by atomic mass is 10.1. The van der Waals surface area contributed by atoms with Crippen LogP contribution in [0.4, 0.5) is 0 Å². The predicted molar refractivity (Wildman–Crippen MR) is 63.6 cm³/mol. The number of hydrogen-bond acceptors (Lipinski definition) is 4. The van der Waals surface area contributed by atoms with Gasteiger partial charge in [0.25, 0.3) is 0 Å². The van der Waals surface area contributed by atoms with Gasteiger partial charge in [0.05, 0.1) is 6.04 Å². The minimum absolute atomic E-state index is 0.0396. The van der Waals surface area contributed by atoms with Gasteiger partial charge in [-0.25, -0.2) is 0 Å². The van der Waals surface area contributed by atoms with Gasteiger partial charge < -0.3 is 10.9 Å². The second kappa shape index (κ2) is 4.59. The Hall–Kier alpha value is -0.810. The molecule has 5 heteroatoms. The van der Waals surface area contributed by atoms with Crippen molar-refractivity contribution in [1.29, 1.82) is 0 Å². The molecular formula is C11H22N4O. The summed E-state index contributed by atoms with van der Waals surface area (Å²) >= 11 is 0. The smallest absolute Gasteiger partial charge is 0.156 e. The van der Waals surface area contributed by atoms with Crippen molar-refractivity contribution in [2.24, 2.45) is 10.9 Å². The Kier molecular flexibility index (Phi) is 3.35. The molecule has 2 fully saturated rings. The Morgan fingerprint density at radius 1 is 1.38 bits per heavy atom. The first-order valence-electron chi connectivity index (χ1n) is 6.07. The van der Waals surface area contributed by atoms with Crippen molar-refractivity contribution in [1.82, 2.24) is 9.80 Å². The zero-order valence-corrected chi connectivity index (χ0v) is 10.1. The first-order chi connectivity index (χ1) is 7.63. The standard InChI is InChI=1S/C11H22N4O/c1-8(11(12)13-16)15-6-5-9-3-4-10(7-15)14(9)2/h8-10,16H,3-7H2,1-2H3,(H2,12,13). The molecule has 2 bridgehead atoms. The summed E-state index contributed by atoms with van der Waals surface area (Å²) in [6, 6.07) is 1.41. The molecule has 2 aliphatic heterocycles. The van der Waals surface area contributed by atoms with Crippen LogP contribution in [0.25, 0.3) is 0 Å². The van der Waals surface area contributed by atoms with Crippen LogP contribution < -0.4 is 5.73 Å². The maximum Gasteiger partial charge on any atom is 0.156 e. The molecule has 5 nitrogen and oxygen atoms in total. The van der Waals surface area contributed by atoms with Gasteiger partial charge in [-0.1, -0.05) is 5.16 Å². The van der Waals surface area contributed by atoms with Crippen LogP contribution >= 0.6 is 0 Å². The average molecular weight is 226 g/mol. The lowest BCUT2D eigenvalue weighted by Gasteiger charge is -2.30. The summed E-state index contributed by atoms with van der Waals surface area (Å²) in [5, 5.41) is 11.8. The van der Waals surface area contributed by atoms with Crippen molar-refractivity contribution >= 4 is 5.84 Å². The minimum Gasteiger partial charge on any atom is -0.409 e. The highest BCUT2D eigenvalue weighted by atomic mass is 16.4. The number of amidine groups is 1. The molecule has 0 aliphatic carbocycles. The summed E-state index contributed by atoms with van der Waals surface area (Å²) < 4.78 is 0. The van der Waals surface area contributed by atoms with E-state index in [2.05, 4.69) is 22.0 Å². The Morgan fingerprint density at radius 3 is 2.75 bits per heavy atom. The third kappa shape index (κ3) is 2.01. The molecule has 16 heavy (non-hydrogen) atoms. The molecule has 2 heterocycles. The highest BCUT2D eigenvalue weighted by Gasteiger charge is 2.36. The van der Waals surface area contributed by atoms with Crippen LogP contribution in [0.2, 0.25) is 0 Å². The van der Waals surface area contributed by atoms with E-state index in [-0.39, 0.29) is 6.04 Å². The normalized spacial score (nSPS) is 35.0. The molecule has 0 aromatic rings. The van der Waals surface area contributed by atoms with Crippen LogP contribution in [-0.4, -0.2) is 59.1 Å². The average Bonchev–Trinajstić information content (AvgIpc) is 2.51. The molecule has 0 saturated carbocycles. The summed E-state index contributed by atoms with van der Waals surface area (Å²) in [4.78, 5) is 4.83. The highest BCUT2D eigenvalue weighted by Crippen LogP contribution is 2.29. The van der Waals surface area contributed by atoms with Crippen molar-refractivity contribution in [2.75, 3.05) is 20.1 Å². The van der Waals surface area contributed by atoms with Crippen molar-refractivity contribution in [3.8, 4) is 0 Å². The quantitative estimate of drug-likeness (QED) is 0.307. The van der Waals surface area contributed by atoms with Crippen molar-refractivity contribution in [2.45, 2.75) is 44.3 Å². The van der Waals surface area contributed by atoms with Gasteiger partial charge in [-0.2, -0.15) is 0 Å². The molecule has 2 rings (SSSR count). The fourth-order valence-corrected chi connectivity index (χ4v) is 2.96. The SMILES string of the molecule is CC(C(N)=NO)N1CCC2CCC(C1)N2C. The first kappa shape index (κ1) is 11.7. The van der Waals surface area contributed by atoms with Crippen molar-refractivity contribution < 1.29 is 5.21 Å². The fourth-order valence-electron chi connectivity index (χ4n) is 2.96. The van der Waals surface area contributed by atoms with Gasteiger partial charge in [-0.15, -0.1) is 0 Å². The largest absolute Gasteiger partial charge is 0.409 e. The van der Waals surface area contributed by atoms with E-state index in [9.17, 15) is 0 Å². The third-order valence-electron chi connectivity index (χ3n) is 4.27. The lowest BCUT2D eigenvalue weighted by molar-refractivity contribution is 0.205. The second-order valence-electron chi connectivity index (χ2n) is 5.03. The molecule has 0 spiro atoms. The number of likely N-dealkylation sites (N-methyl/N-ethyl adjacent to an activating group) is 1. The molecule has 3 atom stereocenters. The van der Waals surface area contributed by atoms with Crippen LogP contribution in [0, 0.1) is 0 Å². The van der Waals surface area contributed by atoms with E-state index in [4.69, 9.17) is 10.9 Å². The van der Waals surface area contributed by atoms with Gasteiger partial charge in [0, 0.05) is 25.2 Å². The Bertz CT molecular complexity index is 281. The van der Waals surface area contributed by atoms with Gasteiger partial charge in [0.2, 0.25) is 0 Å². The van der Waals surface area contributed by atoms with Crippen molar-refractivity contribution in [3.05, 3.63) is 0 Å². The summed E-state index contributed by atoms with van der Waals surface area (Å²) in [7, 11) is 2.22. The number of oxime groups is 1. The van der Waals surface area contributed by atoms with Gasteiger partial charge in [0.15, 0.2) is 5.84 Å². The molecule has 0 aromatic heterocycles. The van der Waals surface area contributed by atoms with E-state index in [0.29, 0.717) is 11.9 Å². The third-order valence-corrected chi connectivity index (χ3v) is 4.27. The molecule has 2 aliphatic rings. The van der Waals surface area contributed by atoms with E-state index >= 15 is 0 Å². The molecule has 0 radical (unpaired) electrons. The summed E-state index contributed by atoms with van der Waals surface area (Å²) in [5.74, 6) is 0.320. The van der Waals surface area contributed by atoms with Gasteiger partial charge >= 0.3 is 0 Å². The van der Waals surface area contributed by atoms with E-state index in [1.54, 1.807) is 0 Å². The molecule has 2 saturated heterocycles. The summed E-state index contributed by atoms with van der Waals surface area (Å²) in [6.45, 7) is 4.08. The number of nitrogens with two attached hydrogens (primary N) is 1. The molecule has 92 valence electrons. The molecule has 0 amide bonds. The highest BCUT2D eigenvalue weighted by molar-refractivity contribution is 5.84. The molecule has 0 aromatic carbocycles.